The van der Waals surface area contributed by atoms with E-state index in [0.29, 0.717) is 25.7 Å². The molecule has 0 aliphatic rings. The number of aliphatic hydroxyl groups excluding tert-OH is 1. The number of carbonyl (C=O) groups excluding carboxylic acids is 4. The molecule has 0 aromatic carbocycles. The highest BCUT2D eigenvalue weighted by Gasteiger charge is 2.30. The van der Waals surface area contributed by atoms with Gasteiger partial charge in [-0.1, -0.05) is 293 Å². The molecule has 89 heavy (non-hydrogen) atoms. The van der Waals surface area contributed by atoms with Crippen LogP contribution in [0.25, 0.3) is 0 Å². The fourth-order valence-electron chi connectivity index (χ4n) is 10.4. The molecule has 3 N–H and O–H groups in total. The molecule has 0 saturated carbocycles. The second kappa shape index (κ2) is 59.8. The van der Waals surface area contributed by atoms with Gasteiger partial charge in [0.05, 0.1) is 26.4 Å². The first kappa shape index (κ1) is 87.1. The maximum absolute atomic E-state index is 13.0. The number of hydrogen-bond acceptors (Lipinski definition) is 15. The summed E-state index contributed by atoms with van der Waals surface area (Å²) in [5.41, 5.74) is 0. The summed E-state index contributed by atoms with van der Waals surface area (Å²) in [5.74, 6) is 0.857. The van der Waals surface area contributed by atoms with E-state index in [1.807, 2.05) is 0 Å². The molecule has 0 aromatic rings. The smallest absolute Gasteiger partial charge is 0.462 e. The van der Waals surface area contributed by atoms with Crippen LogP contribution in [0.3, 0.4) is 0 Å². The summed E-state index contributed by atoms with van der Waals surface area (Å²) in [6, 6.07) is 0. The highest BCUT2D eigenvalue weighted by Crippen LogP contribution is 2.45. The van der Waals surface area contributed by atoms with Gasteiger partial charge < -0.3 is 33.8 Å². The van der Waals surface area contributed by atoms with Crippen LogP contribution < -0.4 is 0 Å². The van der Waals surface area contributed by atoms with Gasteiger partial charge >= 0.3 is 39.5 Å². The zero-order valence-electron chi connectivity index (χ0n) is 58.1. The molecule has 0 aliphatic carbocycles. The van der Waals surface area contributed by atoms with Crippen molar-refractivity contribution in [3.05, 3.63) is 0 Å². The maximum Gasteiger partial charge on any atom is 0.472 e. The van der Waals surface area contributed by atoms with Crippen LogP contribution in [0.4, 0.5) is 0 Å². The molecule has 0 saturated heterocycles. The molecule has 19 heteroatoms. The van der Waals surface area contributed by atoms with Crippen molar-refractivity contribution in [3.8, 4) is 0 Å². The average molecular weight is 1310 g/mol. The lowest BCUT2D eigenvalue weighted by atomic mass is 10.00. The quantitative estimate of drug-likeness (QED) is 0.0222. The molecule has 0 rings (SSSR count). The van der Waals surface area contributed by atoms with Gasteiger partial charge in [-0.3, -0.25) is 37.3 Å². The number of hydrogen-bond donors (Lipinski definition) is 3. The number of unbranched alkanes of at least 4 members (excludes halogenated alkanes) is 31. The summed E-state index contributed by atoms with van der Waals surface area (Å²) in [6.07, 6.45) is 41.8. The number of ether oxygens (including phenoxy) is 4. The van der Waals surface area contributed by atoms with Gasteiger partial charge in [0.2, 0.25) is 0 Å². The van der Waals surface area contributed by atoms with Gasteiger partial charge in [-0.05, 0) is 49.4 Å². The van der Waals surface area contributed by atoms with E-state index in [1.165, 1.54) is 141 Å². The minimum atomic E-state index is -4.95. The lowest BCUT2D eigenvalue weighted by molar-refractivity contribution is -0.161. The van der Waals surface area contributed by atoms with Gasteiger partial charge in [0.1, 0.15) is 19.3 Å². The van der Waals surface area contributed by atoms with E-state index in [2.05, 4.69) is 55.4 Å². The van der Waals surface area contributed by atoms with Crippen molar-refractivity contribution in [2.75, 3.05) is 39.6 Å². The zero-order chi connectivity index (χ0) is 66.1. The largest absolute Gasteiger partial charge is 0.472 e. The number of carbonyl (C=O) groups is 4. The Morgan fingerprint density at radius 2 is 0.539 bits per heavy atom. The molecule has 7 atom stereocenters. The number of phosphoric acid groups is 2. The molecule has 0 aromatic heterocycles. The number of aliphatic hydroxyl groups is 1. The topological polar surface area (TPSA) is 237 Å². The van der Waals surface area contributed by atoms with Crippen molar-refractivity contribution < 1.29 is 80.2 Å². The third-order valence-corrected chi connectivity index (χ3v) is 18.7. The minimum Gasteiger partial charge on any atom is -0.462 e. The summed E-state index contributed by atoms with van der Waals surface area (Å²) in [5, 5.41) is 10.6. The summed E-state index contributed by atoms with van der Waals surface area (Å²) < 4.78 is 68.2. The first-order chi connectivity index (χ1) is 42.7. The molecule has 0 aliphatic heterocycles. The highest BCUT2D eigenvalue weighted by molar-refractivity contribution is 7.47. The van der Waals surface area contributed by atoms with Crippen LogP contribution in [-0.2, 0) is 65.4 Å². The molecule has 0 fully saturated rings. The van der Waals surface area contributed by atoms with Gasteiger partial charge in [0, 0.05) is 25.7 Å². The minimum absolute atomic E-state index is 0.102. The molecule has 528 valence electrons. The molecule has 17 nitrogen and oxygen atoms in total. The molecule has 0 heterocycles. The SMILES string of the molecule is CCC(C)CCCCCCCCC(=O)OC[C@H](COP(=O)(O)OC[C@H](O)COP(=O)(O)OC[C@@H](COC(=O)CCCCCCCCCCCC(C)C)OC(=O)CCCCCCCCCCCCCCCCC(C)C)OC(=O)CCCCCCCCC(C)CC. The lowest BCUT2D eigenvalue weighted by Gasteiger charge is -2.21. The van der Waals surface area contributed by atoms with Crippen molar-refractivity contribution in [3.63, 3.8) is 0 Å². The number of rotatable bonds is 67. The molecule has 0 bridgehead atoms. The van der Waals surface area contributed by atoms with Crippen LogP contribution in [0.15, 0.2) is 0 Å². The Morgan fingerprint density at radius 3 is 0.798 bits per heavy atom. The van der Waals surface area contributed by atoms with E-state index < -0.39 is 97.5 Å². The molecule has 0 radical (unpaired) electrons. The van der Waals surface area contributed by atoms with Gasteiger partial charge in [-0.25, -0.2) is 9.13 Å². The van der Waals surface area contributed by atoms with Gasteiger partial charge in [0.25, 0.3) is 0 Å². The Kier molecular flexibility index (Phi) is 58.5. The van der Waals surface area contributed by atoms with Crippen LogP contribution in [0, 0.1) is 23.7 Å². The Balaban J connectivity index is 5.24. The second-order valence-corrected chi connectivity index (χ2v) is 29.6. The summed E-state index contributed by atoms with van der Waals surface area (Å²) >= 11 is 0. The first-order valence-electron chi connectivity index (χ1n) is 36.3. The Hall–Kier alpha value is -1.94. The maximum atomic E-state index is 13.0. The van der Waals surface area contributed by atoms with Gasteiger partial charge in [-0.15, -0.1) is 0 Å². The van der Waals surface area contributed by atoms with Crippen LogP contribution in [0.5, 0.6) is 0 Å². The van der Waals surface area contributed by atoms with Crippen molar-refractivity contribution in [2.45, 2.75) is 363 Å². The van der Waals surface area contributed by atoms with Crippen molar-refractivity contribution >= 4 is 39.5 Å². The third kappa shape index (κ3) is 62.0. The first-order valence-corrected chi connectivity index (χ1v) is 39.3. The van der Waals surface area contributed by atoms with Gasteiger partial charge in [-0.2, -0.15) is 0 Å². The predicted molar refractivity (Wildman–Crippen MR) is 358 cm³/mol. The van der Waals surface area contributed by atoms with E-state index in [1.54, 1.807) is 0 Å². The predicted octanol–water partition coefficient (Wildman–Crippen LogP) is 19.7. The summed E-state index contributed by atoms with van der Waals surface area (Å²) in [4.78, 5) is 72.5. The molecular formula is C70H136O17P2. The Labute approximate surface area is 543 Å². The molecule has 0 amide bonds. The molecule has 4 unspecified atom stereocenters. The van der Waals surface area contributed by atoms with E-state index in [9.17, 15) is 43.2 Å². The zero-order valence-corrected chi connectivity index (χ0v) is 59.8. The third-order valence-electron chi connectivity index (χ3n) is 16.8. The van der Waals surface area contributed by atoms with Crippen molar-refractivity contribution in [1.29, 1.82) is 0 Å². The van der Waals surface area contributed by atoms with Gasteiger partial charge in [0.15, 0.2) is 12.2 Å². The average Bonchev–Trinajstić information content (AvgIpc) is 3.70. The van der Waals surface area contributed by atoms with Crippen molar-refractivity contribution in [1.82, 2.24) is 0 Å². The molecule has 0 spiro atoms. The van der Waals surface area contributed by atoms with Crippen molar-refractivity contribution in [2.24, 2.45) is 23.7 Å². The summed E-state index contributed by atoms with van der Waals surface area (Å²) in [6.45, 7) is 14.1. The van der Waals surface area contributed by atoms with Crippen LogP contribution in [-0.4, -0.2) is 96.7 Å². The van der Waals surface area contributed by atoms with E-state index in [4.69, 9.17) is 37.0 Å². The number of phosphoric ester groups is 2. The lowest BCUT2D eigenvalue weighted by Crippen LogP contribution is -2.30. The van der Waals surface area contributed by atoms with Crippen LogP contribution in [0.2, 0.25) is 0 Å². The Bertz CT molecular complexity index is 1770. The van der Waals surface area contributed by atoms with E-state index in [0.717, 1.165) is 120 Å². The van der Waals surface area contributed by atoms with E-state index >= 15 is 0 Å². The van der Waals surface area contributed by atoms with Crippen LogP contribution >= 0.6 is 15.6 Å². The number of esters is 4. The summed E-state index contributed by atoms with van der Waals surface area (Å²) in [7, 11) is -9.90. The van der Waals surface area contributed by atoms with Crippen LogP contribution in [0.1, 0.15) is 344 Å². The highest BCUT2D eigenvalue weighted by atomic mass is 31.2. The fraction of sp³-hybridized carbons (Fsp3) is 0.943. The van der Waals surface area contributed by atoms with E-state index in [-0.39, 0.29) is 25.7 Å². The Morgan fingerprint density at radius 1 is 0.315 bits per heavy atom. The fourth-order valence-corrected chi connectivity index (χ4v) is 12.0. The second-order valence-electron chi connectivity index (χ2n) is 26.7. The standard InChI is InChI=1S/C70H136O17P2/c1-9-62(7)48-40-32-26-28-35-43-51-68(73)81-57-66(87-70(75)53-45-37-29-27-33-41-49-63(8)10-2)59-85-89(78,79)83-55-64(71)54-82-88(76,77)84-58-65(56-80-67(72)50-42-34-24-21-17-19-23-31-39-47-61(5)6)86-69(74)52-44-36-25-20-16-14-12-11-13-15-18-22-30-38-46-60(3)4/h60-66,71H,9-59H2,1-8H3,(H,76,77)(H,78,79)/t62?,63?,64-,65-,66-/m1/s1. The monoisotopic (exact) mass is 1310 g/mol. The normalized spacial score (nSPS) is 14.9. The molecular weight excluding hydrogens is 1170 g/mol.